The van der Waals surface area contributed by atoms with Gasteiger partial charge in [0.05, 0.1) is 33.3 Å². The predicted molar refractivity (Wildman–Crippen MR) is 104 cm³/mol. The van der Waals surface area contributed by atoms with Gasteiger partial charge in [-0.1, -0.05) is 30.3 Å². The molecule has 0 saturated heterocycles. The molecule has 0 heterocycles. The van der Waals surface area contributed by atoms with Gasteiger partial charge >= 0.3 is 5.97 Å². The number of esters is 1. The van der Waals surface area contributed by atoms with E-state index in [1.165, 1.54) is 27.4 Å². The second-order valence-electron chi connectivity index (χ2n) is 6.41. The lowest BCUT2D eigenvalue weighted by molar-refractivity contribution is -0.140. The highest BCUT2D eigenvalue weighted by molar-refractivity contribution is 6.52. The summed E-state index contributed by atoms with van der Waals surface area (Å²) in [5, 5.41) is 10.9. The first-order chi connectivity index (χ1) is 13.9. The summed E-state index contributed by atoms with van der Waals surface area (Å²) >= 11 is 0. The molecule has 0 amide bonds. The molecule has 0 unspecified atom stereocenters. The van der Waals surface area contributed by atoms with Crippen molar-refractivity contribution in [2.45, 2.75) is 12.3 Å². The zero-order valence-corrected chi connectivity index (χ0v) is 16.2. The van der Waals surface area contributed by atoms with Gasteiger partial charge in [0.2, 0.25) is 11.6 Å². The number of aliphatic hydroxyl groups is 1. The lowest BCUT2D eigenvalue weighted by Crippen LogP contribution is -2.28. The number of allylic oxidation sites excluding steroid dienone is 1. The summed E-state index contributed by atoms with van der Waals surface area (Å²) in [7, 11) is 4.17. The number of carbonyl (C=O) groups excluding carboxylic acids is 3. The van der Waals surface area contributed by atoms with Gasteiger partial charge in [0.25, 0.3) is 0 Å². The molecule has 3 rings (SSSR count). The van der Waals surface area contributed by atoms with Crippen molar-refractivity contribution in [1.82, 2.24) is 0 Å². The Morgan fingerprint density at radius 1 is 0.931 bits per heavy atom. The minimum Gasteiger partial charge on any atom is -0.507 e. The van der Waals surface area contributed by atoms with Crippen LogP contribution in [0, 0.1) is 0 Å². The van der Waals surface area contributed by atoms with Crippen molar-refractivity contribution in [3.05, 3.63) is 64.7 Å². The van der Waals surface area contributed by atoms with Gasteiger partial charge in [0, 0.05) is 17.0 Å². The Hall–Kier alpha value is -3.61. The minimum absolute atomic E-state index is 0.128. The Morgan fingerprint density at radius 3 is 2.21 bits per heavy atom. The van der Waals surface area contributed by atoms with Crippen LogP contribution in [0.1, 0.15) is 33.8 Å². The molecule has 7 nitrogen and oxygen atoms in total. The summed E-state index contributed by atoms with van der Waals surface area (Å²) in [5.74, 6) is -2.57. The monoisotopic (exact) mass is 396 g/mol. The van der Waals surface area contributed by atoms with E-state index in [2.05, 4.69) is 0 Å². The number of fused-ring (bicyclic) bond motifs is 1. The van der Waals surface area contributed by atoms with Crippen LogP contribution in [-0.2, 0) is 14.3 Å². The Morgan fingerprint density at radius 2 is 1.59 bits per heavy atom. The zero-order valence-electron chi connectivity index (χ0n) is 16.2. The van der Waals surface area contributed by atoms with Gasteiger partial charge in [-0.05, 0) is 17.7 Å². The first kappa shape index (κ1) is 20.1. The van der Waals surface area contributed by atoms with Gasteiger partial charge in [-0.15, -0.1) is 0 Å². The quantitative estimate of drug-likeness (QED) is 0.592. The number of Topliss-reactive ketones (excluding diaryl/α,β-unsaturated/α-hetero) is 2. The summed E-state index contributed by atoms with van der Waals surface area (Å²) in [6.45, 7) is 0. The number of methoxy groups -OCH3 is 3. The summed E-state index contributed by atoms with van der Waals surface area (Å²) in [4.78, 5) is 37.6. The van der Waals surface area contributed by atoms with Crippen molar-refractivity contribution < 1.29 is 33.7 Å². The highest BCUT2D eigenvalue weighted by Crippen LogP contribution is 2.40. The van der Waals surface area contributed by atoms with Gasteiger partial charge in [-0.25, -0.2) is 0 Å². The minimum atomic E-state index is -0.910. The molecule has 7 heteroatoms. The van der Waals surface area contributed by atoms with E-state index in [9.17, 15) is 19.5 Å². The third-order valence-corrected chi connectivity index (χ3v) is 4.89. The van der Waals surface area contributed by atoms with E-state index >= 15 is 0 Å². The molecule has 0 aromatic heterocycles. The third kappa shape index (κ3) is 3.59. The molecule has 0 saturated carbocycles. The normalized spacial score (nSPS) is 14.3. The molecule has 29 heavy (non-hydrogen) atoms. The molecule has 0 bridgehead atoms. The molecule has 1 aliphatic rings. The summed E-state index contributed by atoms with van der Waals surface area (Å²) < 4.78 is 15.3. The maximum atomic E-state index is 12.9. The number of hydrogen-bond acceptors (Lipinski definition) is 7. The Balaban J connectivity index is 2.21. The molecule has 1 aliphatic carbocycles. The summed E-state index contributed by atoms with van der Waals surface area (Å²) in [6, 6.07) is 11.2. The van der Waals surface area contributed by atoms with Crippen LogP contribution in [0.3, 0.4) is 0 Å². The highest BCUT2D eigenvalue weighted by Gasteiger charge is 2.38. The first-order valence-corrected chi connectivity index (χ1v) is 8.83. The van der Waals surface area contributed by atoms with E-state index in [4.69, 9.17) is 14.2 Å². The van der Waals surface area contributed by atoms with E-state index < -0.39 is 23.5 Å². The fourth-order valence-electron chi connectivity index (χ4n) is 3.41. The molecule has 2 aromatic carbocycles. The van der Waals surface area contributed by atoms with Gasteiger partial charge in [0.15, 0.2) is 11.5 Å². The van der Waals surface area contributed by atoms with Crippen molar-refractivity contribution in [3.8, 4) is 11.5 Å². The van der Waals surface area contributed by atoms with Crippen molar-refractivity contribution in [2.24, 2.45) is 0 Å². The van der Waals surface area contributed by atoms with Crippen LogP contribution in [0.25, 0.3) is 5.76 Å². The van der Waals surface area contributed by atoms with Crippen LogP contribution in [0.15, 0.2) is 48.0 Å². The summed E-state index contributed by atoms with van der Waals surface area (Å²) in [6.07, 6.45) is -0.243. The molecule has 0 aliphatic heterocycles. The number of hydrogen-bond donors (Lipinski definition) is 1. The highest BCUT2D eigenvalue weighted by atomic mass is 16.5. The largest absolute Gasteiger partial charge is 0.507 e. The van der Waals surface area contributed by atoms with Crippen LogP contribution in [-0.4, -0.2) is 44.0 Å². The van der Waals surface area contributed by atoms with Crippen molar-refractivity contribution >= 4 is 23.3 Å². The predicted octanol–water partition coefficient (Wildman–Crippen LogP) is 3.09. The number of rotatable bonds is 6. The van der Waals surface area contributed by atoms with Crippen LogP contribution >= 0.6 is 0 Å². The Bertz CT molecular complexity index is 1020. The zero-order chi connectivity index (χ0) is 21.1. The van der Waals surface area contributed by atoms with E-state index in [0.717, 1.165) is 0 Å². The van der Waals surface area contributed by atoms with Crippen LogP contribution in [0.5, 0.6) is 11.5 Å². The molecule has 2 aromatic rings. The lowest BCUT2D eigenvalue weighted by Gasteiger charge is -2.25. The number of carbonyl (C=O) groups is 3. The average Bonchev–Trinajstić information content (AvgIpc) is 2.76. The average molecular weight is 396 g/mol. The van der Waals surface area contributed by atoms with E-state index in [1.807, 2.05) is 0 Å². The van der Waals surface area contributed by atoms with E-state index in [1.54, 1.807) is 36.4 Å². The fourth-order valence-corrected chi connectivity index (χ4v) is 3.41. The smallest absolute Gasteiger partial charge is 0.306 e. The number of ketones is 2. The fraction of sp³-hybridized carbons (Fsp3) is 0.227. The lowest BCUT2D eigenvalue weighted by atomic mass is 9.78. The van der Waals surface area contributed by atoms with Gasteiger partial charge < -0.3 is 19.3 Å². The van der Waals surface area contributed by atoms with Crippen molar-refractivity contribution in [3.63, 3.8) is 0 Å². The SMILES string of the molecule is COC(=O)C[C@@H](C1=C(O)c2ccccc2C(=O)C1=O)c1ccc(OC)c(OC)c1. The maximum Gasteiger partial charge on any atom is 0.306 e. The second-order valence-corrected chi connectivity index (χ2v) is 6.41. The molecule has 0 spiro atoms. The van der Waals surface area contributed by atoms with Crippen LogP contribution < -0.4 is 9.47 Å². The third-order valence-electron chi connectivity index (χ3n) is 4.89. The Labute approximate surface area is 167 Å². The summed E-state index contributed by atoms with van der Waals surface area (Å²) in [5.41, 5.74) is 0.728. The molecule has 1 N–H and O–H groups in total. The van der Waals surface area contributed by atoms with E-state index in [-0.39, 0.29) is 28.9 Å². The topological polar surface area (TPSA) is 99.1 Å². The van der Waals surface area contributed by atoms with Gasteiger partial charge in [0.1, 0.15) is 5.76 Å². The first-order valence-electron chi connectivity index (χ1n) is 8.83. The molecular formula is C22H20O7. The second kappa shape index (κ2) is 8.18. The number of benzene rings is 2. The molecular weight excluding hydrogens is 376 g/mol. The Kier molecular flexibility index (Phi) is 5.68. The standard InChI is InChI=1S/C22H20O7/c1-27-16-9-8-12(10-17(16)28-2)15(11-18(23)29-3)19-20(24)13-6-4-5-7-14(13)21(25)22(19)26/h4-10,15,24H,11H2,1-3H3/t15-/m1/s1. The van der Waals surface area contributed by atoms with Gasteiger partial charge in [-0.3, -0.25) is 14.4 Å². The van der Waals surface area contributed by atoms with Crippen molar-refractivity contribution in [1.29, 1.82) is 0 Å². The molecule has 0 fully saturated rings. The van der Waals surface area contributed by atoms with E-state index in [0.29, 0.717) is 17.1 Å². The van der Waals surface area contributed by atoms with Crippen LogP contribution in [0.4, 0.5) is 0 Å². The maximum absolute atomic E-state index is 12.9. The van der Waals surface area contributed by atoms with Gasteiger partial charge in [-0.2, -0.15) is 0 Å². The molecule has 150 valence electrons. The van der Waals surface area contributed by atoms with Crippen LogP contribution in [0.2, 0.25) is 0 Å². The number of aliphatic hydroxyl groups excluding tert-OH is 1. The number of ether oxygens (including phenoxy) is 3. The molecule has 0 radical (unpaired) electrons. The molecule has 1 atom stereocenters. The van der Waals surface area contributed by atoms with Crippen molar-refractivity contribution in [2.75, 3.05) is 21.3 Å².